The molecule has 3 aromatic carbocycles. The van der Waals surface area contributed by atoms with Crippen LogP contribution in [0.1, 0.15) is 67.3 Å². The van der Waals surface area contributed by atoms with Crippen molar-refractivity contribution in [3.05, 3.63) is 120 Å². The van der Waals surface area contributed by atoms with E-state index in [1.165, 1.54) is 36.8 Å². The van der Waals surface area contributed by atoms with Gasteiger partial charge < -0.3 is 85.6 Å². The van der Waals surface area contributed by atoms with E-state index in [0.717, 1.165) is 16.5 Å². The third-order valence-corrected chi connectivity index (χ3v) is 12.8. The minimum Gasteiger partial charge on any atom is -0.508 e. The number of fused-ring (bicyclic) bond motifs is 1. The van der Waals surface area contributed by atoms with Crippen LogP contribution in [0.25, 0.3) is 10.9 Å². The summed E-state index contributed by atoms with van der Waals surface area (Å²) in [5.41, 5.74) is 26.0. The van der Waals surface area contributed by atoms with Gasteiger partial charge in [-0.25, -0.2) is 9.78 Å². The summed E-state index contributed by atoms with van der Waals surface area (Å²) >= 11 is 0. The summed E-state index contributed by atoms with van der Waals surface area (Å²) < 4.78 is 0. The largest absolute Gasteiger partial charge is 0.508 e. The van der Waals surface area contributed by atoms with Gasteiger partial charge >= 0.3 is 5.97 Å². The van der Waals surface area contributed by atoms with Crippen molar-refractivity contribution in [3.63, 3.8) is 0 Å². The fraction of sp³-hybridized carbons (Fsp3) is 0.396. The summed E-state index contributed by atoms with van der Waals surface area (Å²) in [6.45, 7) is 0.562. The summed E-state index contributed by atoms with van der Waals surface area (Å²) in [5, 5.41) is 57.5. The highest BCUT2D eigenvalue weighted by Gasteiger charge is 2.35. The number of imidazole rings is 1. The number of carbonyl (C=O) groups excluding carboxylic acids is 6. The van der Waals surface area contributed by atoms with Gasteiger partial charge in [0.15, 0.2) is 11.9 Å². The highest BCUT2D eigenvalue weighted by atomic mass is 16.4. The van der Waals surface area contributed by atoms with Gasteiger partial charge in [0.2, 0.25) is 35.4 Å². The molecule has 0 spiro atoms. The number of amides is 6. The summed E-state index contributed by atoms with van der Waals surface area (Å²) in [7, 11) is 0. The predicted octanol–water partition coefficient (Wildman–Crippen LogP) is -1.16. The Labute approximate surface area is 456 Å². The third-order valence-electron chi connectivity index (χ3n) is 12.8. The molecule has 79 heavy (non-hydrogen) atoms. The zero-order valence-corrected chi connectivity index (χ0v) is 43.7. The van der Waals surface area contributed by atoms with Gasteiger partial charge in [-0.2, -0.15) is 0 Å². The summed E-state index contributed by atoms with van der Waals surface area (Å²) in [6.07, 6.45) is 5.41. The molecule has 0 bridgehead atoms. The van der Waals surface area contributed by atoms with Gasteiger partial charge in [-0.05, 0) is 92.8 Å². The third kappa shape index (κ3) is 20.5. The van der Waals surface area contributed by atoms with Crippen LogP contribution < -0.4 is 65.5 Å². The number of aromatic amines is 2. The molecule has 0 aliphatic heterocycles. The van der Waals surface area contributed by atoms with Crippen molar-refractivity contribution < 1.29 is 43.8 Å². The topological polar surface area (TPSA) is 452 Å². The average Bonchev–Trinajstić information content (AvgIpc) is 4.15. The number of rotatable bonds is 33. The molecule has 5 rings (SSSR count). The van der Waals surface area contributed by atoms with E-state index >= 15 is 0 Å². The number of H-pyrrole nitrogens is 2. The normalized spacial score (nSPS) is 13.7. The second kappa shape index (κ2) is 31.2. The molecule has 0 aliphatic carbocycles. The van der Waals surface area contributed by atoms with Gasteiger partial charge in [0.05, 0.1) is 18.1 Å². The van der Waals surface area contributed by atoms with E-state index in [1.54, 1.807) is 12.3 Å². The van der Waals surface area contributed by atoms with Crippen LogP contribution in [-0.2, 0) is 59.2 Å². The molecule has 22 N–H and O–H groups in total. The maximum absolute atomic E-state index is 14.9. The lowest BCUT2D eigenvalue weighted by atomic mass is 10.0. The fourth-order valence-electron chi connectivity index (χ4n) is 8.58. The van der Waals surface area contributed by atoms with Gasteiger partial charge in [0.25, 0.3) is 0 Å². The molecule has 6 amide bonds. The van der Waals surface area contributed by atoms with Gasteiger partial charge in [-0.1, -0.05) is 60.7 Å². The van der Waals surface area contributed by atoms with E-state index in [2.05, 4.69) is 57.5 Å². The number of aromatic nitrogens is 3. The number of aromatic hydroxyl groups is 1. The second-order valence-electron chi connectivity index (χ2n) is 19.0. The molecule has 424 valence electrons. The quantitative estimate of drug-likeness (QED) is 0.0134. The van der Waals surface area contributed by atoms with E-state index in [4.69, 9.17) is 33.8 Å². The van der Waals surface area contributed by atoms with Crippen LogP contribution in [-0.4, -0.2) is 140 Å². The number of unbranched alkanes of at least 4 members (excludes halogenated alkanes) is 1. The zero-order chi connectivity index (χ0) is 57.3. The van der Waals surface area contributed by atoms with Crippen LogP contribution in [0.2, 0.25) is 0 Å². The SMILES string of the molecule is N=C(N)NCCC[C@@H](NC(=O)[C@H](Cc1ccc(O)cc1)NC(=O)[C@H](Cc1c[nH]c2ccccc12)NC(=O)[C@H](CCCCN)NC(=O)[C@@H](CCCNC(=N)N)NC(=O)[C@@H](N)Cc1ccccc1)C(=O)N[C@@H](Cc1c[nH]cn1)C(=O)O. The van der Waals surface area contributed by atoms with Crippen LogP contribution in [0.3, 0.4) is 0 Å². The van der Waals surface area contributed by atoms with E-state index in [1.807, 2.05) is 48.5 Å². The van der Waals surface area contributed by atoms with Crippen LogP contribution in [0.5, 0.6) is 5.75 Å². The molecule has 26 heteroatoms. The Hall–Kier alpha value is -9.04. The number of nitrogens with one attached hydrogen (secondary N) is 12. The highest BCUT2D eigenvalue weighted by Crippen LogP contribution is 2.20. The van der Waals surface area contributed by atoms with Crippen LogP contribution in [0.15, 0.2) is 97.6 Å². The van der Waals surface area contributed by atoms with Crippen LogP contribution in [0.4, 0.5) is 0 Å². The van der Waals surface area contributed by atoms with Gasteiger partial charge in [-0.15, -0.1) is 0 Å². The molecule has 26 nitrogen and oxygen atoms in total. The van der Waals surface area contributed by atoms with Crippen molar-refractivity contribution in [1.29, 1.82) is 10.8 Å². The Morgan fingerprint density at radius 3 is 1.59 bits per heavy atom. The molecule has 7 atom stereocenters. The minimum absolute atomic E-state index is 0.0478. The zero-order valence-electron chi connectivity index (χ0n) is 43.7. The maximum atomic E-state index is 14.9. The van der Waals surface area contributed by atoms with E-state index in [0.29, 0.717) is 29.7 Å². The smallest absolute Gasteiger partial charge is 0.326 e. The monoisotopic (exact) mass is 1090 g/mol. The van der Waals surface area contributed by atoms with Crippen LogP contribution >= 0.6 is 0 Å². The number of nitrogens with two attached hydrogens (primary N) is 4. The summed E-state index contributed by atoms with van der Waals surface area (Å²) in [5.74, 6) is -6.81. The minimum atomic E-state index is -1.47. The number of guanidine groups is 2. The standard InChI is InChI=1S/C53H73N17O9/c54-21-7-6-14-39(66-46(73)40(15-8-22-61-52(56)57)65-45(72)37(55)24-31-10-2-1-3-11-31)47(74)69-43(26-33-28-63-38-13-5-4-12-36(33)38)50(77)68-42(25-32-17-19-35(71)20-18-32)49(76)67-41(16-9-23-62-53(58)59)48(75)70-44(51(78)79)27-34-29-60-30-64-34/h1-5,10-13,17-20,28-30,37,39-44,63,71H,6-9,14-16,21-27,54-55H2,(H,60,64)(H,65,72)(H,66,73)(H,67,76)(H,68,77)(H,69,74)(H,70,75)(H,78,79)(H4,56,57,61)(H4,58,59,62)/t37-,39-,40+,41+,42-,43-,44-/m0/s1. The number of nitrogens with zero attached hydrogens (tertiary/aromatic N) is 1. The van der Waals surface area contributed by atoms with Crippen molar-refractivity contribution in [2.45, 2.75) is 113 Å². The number of phenols is 1. The molecule has 0 unspecified atom stereocenters. The maximum Gasteiger partial charge on any atom is 0.326 e. The van der Waals surface area contributed by atoms with Crippen molar-refractivity contribution in [2.24, 2.45) is 22.9 Å². The molecule has 0 fully saturated rings. The first-order valence-corrected chi connectivity index (χ1v) is 25.9. The highest BCUT2D eigenvalue weighted by molar-refractivity contribution is 5.98. The Kier molecular flexibility index (Phi) is 24.1. The number of phenolic OH excluding ortho intramolecular Hbond substituents is 1. The number of carboxylic acid groups (broad SMARTS) is 1. The van der Waals surface area contributed by atoms with Crippen molar-refractivity contribution in [3.8, 4) is 5.75 Å². The summed E-state index contributed by atoms with van der Waals surface area (Å²) in [4.78, 5) is 108. The van der Waals surface area contributed by atoms with E-state index < -0.39 is 83.7 Å². The fourth-order valence-corrected chi connectivity index (χ4v) is 8.58. The van der Waals surface area contributed by atoms with Crippen LogP contribution in [0, 0.1) is 10.8 Å². The van der Waals surface area contributed by atoms with Gasteiger partial charge in [-0.3, -0.25) is 39.6 Å². The first kappa shape index (κ1) is 60.8. The van der Waals surface area contributed by atoms with Gasteiger partial charge in [0.1, 0.15) is 42.0 Å². The molecule has 2 heterocycles. The van der Waals surface area contributed by atoms with E-state index in [9.17, 15) is 43.8 Å². The first-order chi connectivity index (χ1) is 37.9. The molecule has 0 radical (unpaired) electrons. The number of aliphatic carboxylic acids is 1. The lowest BCUT2D eigenvalue weighted by Gasteiger charge is -2.28. The molecule has 0 saturated carbocycles. The van der Waals surface area contributed by atoms with Crippen molar-refractivity contribution in [2.75, 3.05) is 19.6 Å². The number of hydrogen-bond acceptors (Lipinski definition) is 13. The Balaban J connectivity index is 1.45. The molecule has 0 saturated heterocycles. The lowest BCUT2D eigenvalue weighted by molar-refractivity contribution is -0.142. The summed E-state index contributed by atoms with van der Waals surface area (Å²) in [6, 6.07) is 12.8. The van der Waals surface area contributed by atoms with E-state index in [-0.39, 0.29) is 95.1 Å². The number of hydrogen-bond donors (Lipinski definition) is 18. The Bertz CT molecular complexity index is 2810. The van der Waals surface area contributed by atoms with Crippen molar-refractivity contribution >= 4 is 64.2 Å². The average molecular weight is 1090 g/mol. The number of benzene rings is 3. The molecule has 5 aromatic rings. The first-order valence-electron chi connectivity index (χ1n) is 25.9. The number of para-hydroxylation sites is 1. The lowest BCUT2D eigenvalue weighted by Crippen LogP contribution is -2.60. The molecular weight excluding hydrogens is 1020 g/mol. The van der Waals surface area contributed by atoms with Crippen molar-refractivity contribution in [1.82, 2.24) is 57.5 Å². The number of carbonyl (C=O) groups is 7. The molecule has 0 aliphatic rings. The molecule has 2 aromatic heterocycles. The Morgan fingerprint density at radius 1 is 0.557 bits per heavy atom. The molecular formula is C53H73N17O9. The predicted molar refractivity (Wildman–Crippen MR) is 295 cm³/mol. The van der Waals surface area contributed by atoms with Gasteiger partial charge in [0, 0.05) is 55.6 Å². The number of carboxylic acids is 1. The second-order valence-corrected chi connectivity index (χ2v) is 19.0. The Morgan fingerprint density at radius 2 is 1.05 bits per heavy atom.